The van der Waals surface area contributed by atoms with Crippen molar-refractivity contribution >= 4 is 16.0 Å². The first-order chi connectivity index (χ1) is 11.6. The first-order valence-electron chi connectivity index (χ1n) is 7.53. The van der Waals surface area contributed by atoms with Crippen LogP contribution in [0.25, 0.3) is 0 Å². The Kier molecular flexibility index (Phi) is 4.12. The Hall–Kier alpha value is -2.33. The Morgan fingerprint density at radius 2 is 1.84 bits per heavy atom. The van der Waals surface area contributed by atoms with E-state index in [2.05, 4.69) is 10.2 Å². The van der Waals surface area contributed by atoms with Gasteiger partial charge in [0.25, 0.3) is 0 Å². The normalized spacial score (nSPS) is 18.2. The Morgan fingerprint density at radius 1 is 1.24 bits per heavy atom. The number of fused-ring (bicyclic) bond motifs is 1. The molecule has 2 aromatic rings. The molecule has 0 aliphatic carbocycles. The number of benzene rings is 1. The van der Waals surface area contributed by atoms with Gasteiger partial charge in [-0.15, -0.1) is 10.2 Å². The Bertz CT molecular complexity index is 947. The van der Waals surface area contributed by atoms with Crippen molar-refractivity contribution in [3.8, 4) is 0 Å². The number of nitrogens with zero attached hydrogens (tertiary/aromatic N) is 4. The summed E-state index contributed by atoms with van der Waals surface area (Å²) in [5.74, 6) is -0.916. The van der Waals surface area contributed by atoms with Gasteiger partial charge in [0.15, 0.2) is 0 Å². The molecule has 0 saturated carbocycles. The van der Waals surface area contributed by atoms with Gasteiger partial charge in [0.1, 0.15) is 23.5 Å². The SMILES string of the molecule is Cc1cc(F)cc(C)c1S(=O)(=O)N1Cc2nnc(C)n2CC1C(=O)O. The molecule has 134 valence electrons. The predicted octanol–water partition coefficient (Wildman–Crippen LogP) is 1.00. The molecule has 1 aromatic carbocycles. The maximum atomic E-state index is 13.5. The number of carboxylic acid groups (broad SMARTS) is 1. The summed E-state index contributed by atoms with van der Waals surface area (Å²) in [4.78, 5) is 11.6. The quantitative estimate of drug-likeness (QED) is 0.866. The standard InChI is InChI=1S/C15H17FN4O4S/c1-8-4-11(16)5-9(2)14(8)25(23,24)20-7-13-18-17-10(3)19(13)6-12(20)15(21)22/h4-5,12H,6-7H2,1-3H3,(H,21,22). The fraction of sp³-hybridized carbons (Fsp3) is 0.400. The molecule has 1 N–H and O–H groups in total. The summed E-state index contributed by atoms with van der Waals surface area (Å²) in [5, 5.41) is 17.3. The number of aryl methyl sites for hydroxylation is 3. The predicted molar refractivity (Wildman–Crippen MR) is 84.8 cm³/mol. The average molecular weight is 368 g/mol. The first-order valence-corrected chi connectivity index (χ1v) is 8.97. The molecule has 0 fully saturated rings. The molecular weight excluding hydrogens is 351 g/mol. The largest absolute Gasteiger partial charge is 0.480 e. The van der Waals surface area contributed by atoms with E-state index in [0.29, 0.717) is 11.6 Å². The number of sulfonamides is 1. The van der Waals surface area contributed by atoms with Crippen molar-refractivity contribution < 1.29 is 22.7 Å². The number of carboxylic acids is 1. The summed E-state index contributed by atoms with van der Waals surface area (Å²) in [6, 6.07) is 0.939. The van der Waals surface area contributed by atoms with Crippen LogP contribution in [0.4, 0.5) is 4.39 Å². The topological polar surface area (TPSA) is 105 Å². The molecule has 1 unspecified atom stereocenters. The summed E-state index contributed by atoms with van der Waals surface area (Å²) >= 11 is 0. The number of hydrogen-bond acceptors (Lipinski definition) is 5. The van der Waals surface area contributed by atoms with Gasteiger partial charge in [-0.25, -0.2) is 12.8 Å². The van der Waals surface area contributed by atoms with Crippen LogP contribution in [-0.4, -0.2) is 44.6 Å². The van der Waals surface area contributed by atoms with E-state index in [-0.39, 0.29) is 29.1 Å². The minimum Gasteiger partial charge on any atom is -0.480 e. The maximum Gasteiger partial charge on any atom is 0.323 e. The van der Waals surface area contributed by atoms with E-state index >= 15 is 0 Å². The third-order valence-electron chi connectivity index (χ3n) is 4.29. The molecule has 1 aliphatic rings. The second kappa shape index (κ2) is 5.88. The van der Waals surface area contributed by atoms with Crippen LogP contribution in [0.5, 0.6) is 0 Å². The molecule has 3 rings (SSSR count). The lowest BCUT2D eigenvalue weighted by Crippen LogP contribution is -2.50. The first kappa shape index (κ1) is 17.5. The Balaban J connectivity index is 2.14. The lowest BCUT2D eigenvalue weighted by Gasteiger charge is -2.33. The van der Waals surface area contributed by atoms with E-state index in [9.17, 15) is 22.7 Å². The van der Waals surface area contributed by atoms with Gasteiger partial charge in [-0.2, -0.15) is 4.31 Å². The zero-order valence-electron chi connectivity index (χ0n) is 13.9. The number of hydrogen-bond donors (Lipinski definition) is 1. The van der Waals surface area contributed by atoms with Gasteiger partial charge >= 0.3 is 5.97 Å². The van der Waals surface area contributed by atoms with Gasteiger partial charge in [-0.1, -0.05) is 0 Å². The van der Waals surface area contributed by atoms with Gasteiger partial charge < -0.3 is 9.67 Å². The van der Waals surface area contributed by atoms with Crippen molar-refractivity contribution in [1.82, 2.24) is 19.1 Å². The van der Waals surface area contributed by atoms with Gasteiger partial charge in [-0.3, -0.25) is 4.79 Å². The highest BCUT2D eigenvalue weighted by Gasteiger charge is 2.42. The van der Waals surface area contributed by atoms with Gasteiger partial charge in [-0.05, 0) is 44.0 Å². The smallest absolute Gasteiger partial charge is 0.323 e. The third-order valence-corrected chi connectivity index (χ3v) is 6.45. The van der Waals surface area contributed by atoms with E-state index in [1.54, 1.807) is 11.5 Å². The zero-order chi connectivity index (χ0) is 18.5. The van der Waals surface area contributed by atoms with Crippen molar-refractivity contribution in [3.05, 3.63) is 40.7 Å². The molecule has 2 heterocycles. The summed E-state index contributed by atoms with van der Waals surface area (Å²) in [7, 11) is -4.16. The van der Waals surface area contributed by atoms with E-state index in [1.165, 1.54) is 13.8 Å². The van der Waals surface area contributed by atoms with Crippen molar-refractivity contribution in [2.45, 2.75) is 44.8 Å². The summed E-state index contributed by atoms with van der Waals surface area (Å²) < 4.78 is 42.3. The highest BCUT2D eigenvalue weighted by atomic mass is 32.2. The van der Waals surface area contributed by atoms with Gasteiger partial charge in [0.05, 0.1) is 18.0 Å². The second-order valence-corrected chi connectivity index (χ2v) is 7.87. The molecule has 0 spiro atoms. The molecule has 0 saturated heterocycles. The van der Waals surface area contributed by atoms with Crippen molar-refractivity contribution in [3.63, 3.8) is 0 Å². The lowest BCUT2D eigenvalue weighted by molar-refractivity contribution is -0.142. The molecule has 1 aliphatic heterocycles. The molecule has 1 aromatic heterocycles. The van der Waals surface area contributed by atoms with Crippen LogP contribution in [0, 0.1) is 26.6 Å². The van der Waals surface area contributed by atoms with Gasteiger partial charge in [0, 0.05) is 0 Å². The third kappa shape index (κ3) is 2.81. The maximum absolute atomic E-state index is 13.5. The summed E-state index contributed by atoms with van der Waals surface area (Å²) in [5.41, 5.74) is 0.453. The Morgan fingerprint density at radius 3 is 2.40 bits per heavy atom. The molecular formula is C15H17FN4O4S. The number of halogens is 1. The highest BCUT2D eigenvalue weighted by Crippen LogP contribution is 2.30. The van der Waals surface area contributed by atoms with Crippen molar-refractivity contribution in [2.24, 2.45) is 0 Å². The van der Waals surface area contributed by atoms with Crippen molar-refractivity contribution in [2.75, 3.05) is 0 Å². The fourth-order valence-electron chi connectivity index (χ4n) is 3.17. The van der Waals surface area contributed by atoms with Crippen LogP contribution in [-0.2, 0) is 27.9 Å². The molecule has 25 heavy (non-hydrogen) atoms. The summed E-state index contributed by atoms with van der Waals surface area (Å²) in [6.45, 7) is 4.34. The van der Waals surface area contributed by atoms with E-state index in [1.807, 2.05) is 0 Å². The van der Waals surface area contributed by atoms with E-state index in [4.69, 9.17) is 0 Å². The fourth-order valence-corrected chi connectivity index (χ4v) is 5.11. The van der Waals surface area contributed by atoms with Crippen molar-refractivity contribution in [1.29, 1.82) is 0 Å². The van der Waals surface area contributed by atoms with Crippen LogP contribution in [0.3, 0.4) is 0 Å². The Labute approximate surface area is 144 Å². The number of carbonyl (C=O) groups is 1. The molecule has 0 radical (unpaired) electrons. The molecule has 8 nitrogen and oxygen atoms in total. The number of rotatable bonds is 3. The molecule has 0 amide bonds. The zero-order valence-corrected chi connectivity index (χ0v) is 14.7. The number of aromatic nitrogens is 3. The van der Waals surface area contributed by atoms with Crippen LogP contribution < -0.4 is 0 Å². The van der Waals surface area contributed by atoms with Crippen LogP contribution in [0.15, 0.2) is 17.0 Å². The monoisotopic (exact) mass is 368 g/mol. The van der Waals surface area contributed by atoms with Crippen LogP contribution in [0.1, 0.15) is 22.8 Å². The minimum absolute atomic E-state index is 0.0789. The van der Waals surface area contributed by atoms with Crippen LogP contribution >= 0.6 is 0 Å². The minimum atomic E-state index is -4.16. The van der Waals surface area contributed by atoms with E-state index < -0.39 is 27.9 Å². The molecule has 10 heteroatoms. The van der Waals surface area contributed by atoms with E-state index in [0.717, 1.165) is 16.4 Å². The summed E-state index contributed by atoms with van der Waals surface area (Å²) in [6.07, 6.45) is 0. The second-order valence-electron chi connectivity index (χ2n) is 6.05. The van der Waals surface area contributed by atoms with Crippen LogP contribution in [0.2, 0.25) is 0 Å². The lowest BCUT2D eigenvalue weighted by atomic mass is 10.1. The average Bonchev–Trinajstić information content (AvgIpc) is 2.85. The van der Waals surface area contributed by atoms with Gasteiger partial charge in [0.2, 0.25) is 10.0 Å². The molecule has 1 atom stereocenters. The number of aliphatic carboxylic acids is 1. The highest BCUT2D eigenvalue weighted by molar-refractivity contribution is 7.89. The molecule has 0 bridgehead atoms.